The van der Waals surface area contributed by atoms with Gasteiger partial charge in [0, 0.05) is 0 Å². The SMILES string of the molecule is CCc1nc(N)c(C)cc1OC. The minimum atomic E-state index is 0.590. The summed E-state index contributed by atoms with van der Waals surface area (Å²) in [5.41, 5.74) is 7.53. The Kier molecular flexibility index (Phi) is 2.53. The monoisotopic (exact) mass is 166 g/mol. The van der Waals surface area contributed by atoms with Crippen LogP contribution in [0, 0.1) is 6.92 Å². The van der Waals surface area contributed by atoms with Gasteiger partial charge in [0.25, 0.3) is 0 Å². The lowest BCUT2D eigenvalue weighted by Gasteiger charge is -2.08. The molecule has 1 rings (SSSR count). The van der Waals surface area contributed by atoms with E-state index in [-0.39, 0.29) is 0 Å². The van der Waals surface area contributed by atoms with E-state index in [4.69, 9.17) is 10.5 Å². The number of nitrogens with zero attached hydrogens (tertiary/aromatic N) is 1. The molecule has 0 amide bonds. The average molecular weight is 166 g/mol. The number of hydrogen-bond acceptors (Lipinski definition) is 3. The molecule has 0 spiro atoms. The second-order valence-electron chi connectivity index (χ2n) is 2.69. The number of pyridine rings is 1. The van der Waals surface area contributed by atoms with Crippen molar-refractivity contribution in [1.82, 2.24) is 4.98 Å². The summed E-state index contributed by atoms with van der Waals surface area (Å²) < 4.78 is 5.15. The maximum atomic E-state index is 5.65. The molecule has 3 heteroatoms. The molecule has 0 saturated carbocycles. The Bertz CT molecular complexity index is 255. The number of ether oxygens (including phenoxy) is 1. The Morgan fingerprint density at radius 2 is 2.25 bits per heavy atom. The number of hydrogen-bond donors (Lipinski definition) is 1. The first kappa shape index (κ1) is 8.84. The minimum absolute atomic E-state index is 0.590. The molecular formula is C9H14N2O. The first-order valence-electron chi connectivity index (χ1n) is 3.99. The van der Waals surface area contributed by atoms with Gasteiger partial charge in [0.05, 0.1) is 12.8 Å². The van der Waals surface area contributed by atoms with Crippen molar-refractivity contribution in [1.29, 1.82) is 0 Å². The number of aromatic nitrogens is 1. The molecular weight excluding hydrogens is 152 g/mol. The van der Waals surface area contributed by atoms with Crippen molar-refractivity contribution < 1.29 is 4.74 Å². The molecule has 0 bridgehead atoms. The van der Waals surface area contributed by atoms with E-state index in [1.807, 2.05) is 19.9 Å². The zero-order chi connectivity index (χ0) is 9.14. The molecule has 0 saturated heterocycles. The van der Waals surface area contributed by atoms with Crippen LogP contribution in [-0.4, -0.2) is 12.1 Å². The van der Waals surface area contributed by atoms with Gasteiger partial charge in [-0.1, -0.05) is 6.92 Å². The van der Waals surface area contributed by atoms with Crippen molar-refractivity contribution in [2.45, 2.75) is 20.3 Å². The lowest BCUT2D eigenvalue weighted by Crippen LogP contribution is -2.00. The number of methoxy groups -OCH3 is 1. The quantitative estimate of drug-likeness (QED) is 0.725. The van der Waals surface area contributed by atoms with Gasteiger partial charge in [-0.05, 0) is 25.0 Å². The second kappa shape index (κ2) is 3.43. The molecule has 66 valence electrons. The molecule has 0 fully saturated rings. The first-order valence-corrected chi connectivity index (χ1v) is 3.99. The lowest BCUT2D eigenvalue weighted by molar-refractivity contribution is 0.407. The van der Waals surface area contributed by atoms with Gasteiger partial charge >= 0.3 is 0 Å². The Balaban J connectivity index is 3.19. The van der Waals surface area contributed by atoms with E-state index < -0.39 is 0 Å². The predicted octanol–water partition coefficient (Wildman–Crippen LogP) is 1.54. The summed E-state index contributed by atoms with van der Waals surface area (Å²) in [6, 6.07) is 1.92. The van der Waals surface area contributed by atoms with Crippen LogP contribution in [0.2, 0.25) is 0 Å². The zero-order valence-electron chi connectivity index (χ0n) is 7.72. The molecule has 1 aromatic heterocycles. The third-order valence-electron chi connectivity index (χ3n) is 1.85. The largest absolute Gasteiger partial charge is 0.495 e. The van der Waals surface area contributed by atoms with E-state index in [9.17, 15) is 0 Å². The van der Waals surface area contributed by atoms with E-state index in [0.29, 0.717) is 5.82 Å². The van der Waals surface area contributed by atoms with Gasteiger partial charge in [-0.2, -0.15) is 0 Å². The van der Waals surface area contributed by atoms with E-state index >= 15 is 0 Å². The van der Waals surface area contributed by atoms with E-state index in [0.717, 1.165) is 23.4 Å². The Morgan fingerprint density at radius 1 is 1.58 bits per heavy atom. The van der Waals surface area contributed by atoms with Crippen LogP contribution in [0.25, 0.3) is 0 Å². The van der Waals surface area contributed by atoms with Crippen LogP contribution in [-0.2, 0) is 6.42 Å². The van der Waals surface area contributed by atoms with Gasteiger partial charge in [-0.3, -0.25) is 0 Å². The van der Waals surface area contributed by atoms with Crippen LogP contribution < -0.4 is 10.5 Å². The van der Waals surface area contributed by atoms with Crippen LogP contribution in [0.1, 0.15) is 18.2 Å². The standard InChI is InChI=1S/C9H14N2O/c1-4-7-8(12-3)5-6(2)9(10)11-7/h5H,4H2,1-3H3,(H2,10,11). The average Bonchev–Trinajstić information content (AvgIpc) is 2.09. The predicted molar refractivity (Wildman–Crippen MR) is 49.3 cm³/mol. The molecule has 0 radical (unpaired) electrons. The van der Waals surface area contributed by atoms with Gasteiger partial charge in [0.2, 0.25) is 0 Å². The fraction of sp³-hybridized carbons (Fsp3) is 0.444. The van der Waals surface area contributed by atoms with Crippen LogP contribution in [0.4, 0.5) is 5.82 Å². The zero-order valence-corrected chi connectivity index (χ0v) is 7.72. The van der Waals surface area contributed by atoms with Gasteiger partial charge < -0.3 is 10.5 Å². The summed E-state index contributed by atoms with van der Waals surface area (Å²) in [7, 11) is 1.64. The number of aryl methyl sites for hydroxylation is 2. The maximum absolute atomic E-state index is 5.65. The van der Waals surface area contributed by atoms with Crippen LogP contribution in [0.15, 0.2) is 6.07 Å². The molecule has 0 atom stereocenters. The molecule has 1 heterocycles. The van der Waals surface area contributed by atoms with Gasteiger partial charge in [0.1, 0.15) is 11.6 Å². The fourth-order valence-corrected chi connectivity index (χ4v) is 1.07. The van der Waals surface area contributed by atoms with E-state index in [2.05, 4.69) is 4.98 Å². The number of rotatable bonds is 2. The highest BCUT2D eigenvalue weighted by Crippen LogP contribution is 2.21. The van der Waals surface area contributed by atoms with Crippen LogP contribution >= 0.6 is 0 Å². The molecule has 3 nitrogen and oxygen atoms in total. The van der Waals surface area contributed by atoms with Crippen LogP contribution in [0.3, 0.4) is 0 Å². The summed E-state index contributed by atoms with van der Waals surface area (Å²) in [6.07, 6.45) is 0.841. The summed E-state index contributed by atoms with van der Waals surface area (Å²) in [4.78, 5) is 4.21. The molecule has 12 heavy (non-hydrogen) atoms. The number of nitrogens with two attached hydrogens (primary N) is 1. The first-order chi connectivity index (χ1) is 5.69. The van der Waals surface area contributed by atoms with Crippen molar-refractivity contribution >= 4 is 5.82 Å². The van der Waals surface area contributed by atoms with Crippen LogP contribution in [0.5, 0.6) is 5.75 Å². The van der Waals surface area contributed by atoms with Crippen molar-refractivity contribution in [3.05, 3.63) is 17.3 Å². The van der Waals surface area contributed by atoms with Crippen molar-refractivity contribution in [3.63, 3.8) is 0 Å². The van der Waals surface area contributed by atoms with Crippen molar-refractivity contribution in [3.8, 4) is 5.75 Å². The molecule has 0 unspecified atom stereocenters. The number of anilines is 1. The Morgan fingerprint density at radius 3 is 2.75 bits per heavy atom. The van der Waals surface area contributed by atoms with Gasteiger partial charge in [-0.25, -0.2) is 4.98 Å². The second-order valence-corrected chi connectivity index (χ2v) is 2.69. The molecule has 0 aliphatic heterocycles. The smallest absolute Gasteiger partial charge is 0.140 e. The third-order valence-corrected chi connectivity index (χ3v) is 1.85. The summed E-state index contributed by atoms with van der Waals surface area (Å²) in [6.45, 7) is 3.95. The normalized spacial score (nSPS) is 9.92. The molecule has 0 aliphatic rings. The van der Waals surface area contributed by atoms with Gasteiger partial charge in [0.15, 0.2) is 0 Å². The highest BCUT2D eigenvalue weighted by molar-refractivity contribution is 5.45. The van der Waals surface area contributed by atoms with Crippen molar-refractivity contribution in [2.24, 2.45) is 0 Å². The maximum Gasteiger partial charge on any atom is 0.140 e. The molecule has 0 aromatic carbocycles. The number of nitrogen functional groups attached to an aromatic ring is 1. The minimum Gasteiger partial charge on any atom is -0.495 e. The molecule has 2 N–H and O–H groups in total. The summed E-state index contributed by atoms with van der Waals surface area (Å²) in [5.74, 6) is 1.41. The lowest BCUT2D eigenvalue weighted by atomic mass is 10.2. The van der Waals surface area contributed by atoms with E-state index in [1.54, 1.807) is 7.11 Å². The Hall–Kier alpha value is -1.25. The highest BCUT2D eigenvalue weighted by atomic mass is 16.5. The summed E-state index contributed by atoms with van der Waals surface area (Å²) in [5, 5.41) is 0. The summed E-state index contributed by atoms with van der Waals surface area (Å²) >= 11 is 0. The molecule has 1 aromatic rings. The Labute approximate surface area is 72.6 Å². The topological polar surface area (TPSA) is 48.1 Å². The highest BCUT2D eigenvalue weighted by Gasteiger charge is 2.05. The van der Waals surface area contributed by atoms with Gasteiger partial charge in [-0.15, -0.1) is 0 Å². The fourth-order valence-electron chi connectivity index (χ4n) is 1.07. The molecule has 0 aliphatic carbocycles. The third kappa shape index (κ3) is 1.49. The van der Waals surface area contributed by atoms with Crippen molar-refractivity contribution in [2.75, 3.05) is 12.8 Å². The van der Waals surface area contributed by atoms with E-state index in [1.165, 1.54) is 0 Å².